The smallest absolute Gasteiger partial charge is 0.407 e. The van der Waals surface area contributed by atoms with E-state index in [0.29, 0.717) is 31.0 Å². The second kappa shape index (κ2) is 17.5. The quantitative estimate of drug-likeness (QED) is 0.140. The number of benzene rings is 3. The molecule has 5 rings (SSSR count). The van der Waals surface area contributed by atoms with E-state index in [0.717, 1.165) is 46.0 Å². The number of carbonyl (C=O) groups excluding carboxylic acids is 5. The van der Waals surface area contributed by atoms with Gasteiger partial charge in [0.15, 0.2) is 0 Å². The van der Waals surface area contributed by atoms with E-state index in [2.05, 4.69) is 36.7 Å². The van der Waals surface area contributed by atoms with Crippen molar-refractivity contribution in [2.45, 2.75) is 52.1 Å². The molecule has 280 valence electrons. The lowest BCUT2D eigenvalue weighted by atomic mass is 9.99. The Morgan fingerprint density at radius 3 is 2.30 bits per heavy atom. The van der Waals surface area contributed by atoms with Crippen molar-refractivity contribution < 1.29 is 33.4 Å². The molecule has 14 nitrogen and oxygen atoms in total. The second-order valence-electron chi connectivity index (χ2n) is 13.3. The van der Waals surface area contributed by atoms with E-state index in [1.807, 2.05) is 75.4 Å². The highest BCUT2D eigenvalue weighted by molar-refractivity contribution is 5.98. The number of nitrogens with zero attached hydrogens (tertiary/aromatic N) is 3. The minimum atomic E-state index is -0.712. The first kappa shape index (κ1) is 38.3. The van der Waals surface area contributed by atoms with Gasteiger partial charge in [-0.3, -0.25) is 14.4 Å². The van der Waals surface area contributed by atoms with Gasteiger partial charge in [-0.15, -0.1) is 0 Å². The summed E-state index contributed by atoms with van der Waals surface area (Å²) in [4.78, 5) is 73.4. The van der Waals surface area contributed by atoms with Gasteiger partial charge in [0, 0.05) is 18.8 Å². The van der Waals surface area contributed by atoms with E-state index in [4.69, 9.17) is 4.74 Å². The standard InChI is InChI=1S/C39H47N7O7/c1-6-17-45(34(48)22-41-38(50)52-4)23-33(47)42-30-16-15-28-19-27(13-14-29(28)20-30)25-9-11-26(12-10-25)31-21-40-36(43-31)32-8-7-18-46(32)37(49)35(24(2)3)44-39(51)53-5/h9-16,19-21,24,32,35H,6-8,17-18,22-23H2,1-5H3,(H,40,43)(H,41,50)(H,42,47)(H,44,51). The average Bonchev–Trinajstić information content (AvgIpc) is 3.86. The van der Waals surface area contributed by atoms with Gasteiger partial charge >= 0.3 is 12.2 Å². The Bertz CT molecular complexity index is 1940. The molecule has 53 heavy (non-hydrogen) atoms. The summed E-state index contributed by atoms with van der Waals surface area (Å²) in [6.07, 6.45) is 2.70. The molecule has 4 N–H and O–H groups in total. The summed E-state index contributed by atoms with van der Waals surface area (Å²) in [5.41, 5.74) is 4.46. The number of alkyl carbamates (subject to hydrolysis) is 2. The molecule has 1 aliphatic rings. The molecule has 4 aromatic rings. The molecule has 1 aromatic heterocycles. The number of ether oxygens (including phenoxy) is 2. The number of amides is 5. The zero-order valence-electron chi connectivity index (χ0n) is 30.7. The fourth-order valence-corrected chi connectivity index (χ4v) is 6.46. The second-order valence-corrected chi connectivity index (χ2v) is 13.3. The summed E-state index contributed by atoms with van der Waals surface area (Å²) >= 11 is 0. The minimum absolute atomic E-state index is 0.112. The van der Waals surface area contributed by atoms with E-state index in [-0.39, 0.29) is 42.8 Å². The summed E-state index contributed by atoms with van der Waals surface area (Å²) < 4.78 is 9.25. The number of methoxy groups -OCH3 is 2. The SMILES string of the molecule is CCCN(CC(=O)Nc1ccc2cc(-c3ccc(-c4cnc(C5CCCN5C(=O)C(NC(=O)OC)C(C)C)[nH]4)cc3)ccc2c1)C(=O)CNC(=O)OC. The number of aromatic amines is 1. The Hall–Kier alpha value is -5.92. The van der Waals surface area contributed by atoms with Gasteiger partial charge in [0.05, 0.1) is 38.7 Å². The number of H-pyrrole nitrogens is 1. The largest absolute Gasteiger partial charge is 0.453 e. The molecule has 0 bridgehead atoms. The molecule has 1 saturated heterocycles. The number of hydrogen-bond donors (Lipinski definition) is 4. The van der Waals surface area contributed by atoms with E-state index in [9.17, 15) is 24.0 Å². The van der Waals surface area contributed by atoms with Crippen molar-refractivity contribution in [1.29, 1.82) is 0 Å². The van der Waals surface area contributed by atoms with E-state index in [1.165, 1.54) is 19.1 Å². The first-order valence-electron chi connectivity index (χ1n) is 17.7. The molecule has 14 heteroatoms. The molecule has 1 aliphatic heterocycles. The van der Waals surface area contributed by atoms with Crippen LogP contribution in [-0.2, 0) is 23.9 Å². The van der Waals surface area contributed by atoms with Crippen LogP contribution < -0.4 is 16.0 Å². The summed E-state index contributed by atoms with van der Waals surface area (Å²) in [6.45, 7) is 6.24. The lowest BCUT2D eigenvalue weighted by Gasteiger charge is -2.30. The number of carbonyl (C=O) groups is 5. The molecule has 0 spiro atoms. The van der Waals surface area contributed by atoms with Crippen LogP contribution in [0.3, 0.4) is 0 Å². The lowest BCUT2D eigenvalue weighted by molar-refractivity contribution is -0.135. The molecule has 2 heterocycles. The third kappa shape index (κ3) is 9.50. The zero-order valence-corrected chi connectivity index (χ0v) is 30.7. The Balaban J connectivity index is 1.22. The maximum Gasteiger partial charge on any atom is 0.407 e. The van der Waals surface area contributed by atoms with Crippen LogP contribution in [0.15, 0.2) is 66.9 Å². The molecule has 2 atom stereocenters. The molecule has 0 radical (unpaired) electrons. The predicted octanol–water partition coefficient (Wildman–Crippen LogP) is 5.47. The van der Waals surface area contributed by atoms with Crippen LogP contribution in [0.25, 0.3) is 33.2 Å². The van der Waals surface area contributed by atoms with Gasteiger partial charge < -0.3 is 40.2 Å². The van der Waals surface area contributed by atoms with Crippen LogP contribution in [0.4, 0.5) is 15.3 Å². The van der Waals surface area contributed by atoms with Crippen molar-refractivity contribution in [2.24, 2.45) is 5.92 Å². The van der Waals surface area contributed by atoms with Gasteiger partial charge in [-0.25, -0.2) is 14.6 Å². The predicted molar refractivity (Wildman–Crippen MR) is 201 cm³/mol. The monoisotopic (exact) mass is 725 g/mol. The molecular formula is C39H47N7O7. The Labute approximate surface area is 308 Å². The van der Waals surface area contributed by atoms with Crippen LogP contribution in [-0.4, -0.2) is 96.1 Å². The summed E-state index contributed by atoms with van der Waals surface area (Å²) in [5, 5.41) is 9.85. The van der Waals surface area contributed by atoms with E-state index in [1.54, 1.807) is 11.1 Å². The number of nitrogens with one attached hydrogen (secondary N) is 4. The van der Waals surface area contributed by atoms with Gasteiger partial charge in [0.25, 0.3) is 0 Å². The van der Waals surface area contributed by atoms with Crippen LogP contribution in [0.2, 0.25) is 0 Å². The van der Waals surface area contributed by atoms with Gasteiger partial charge in [-0.05, 0) is 70.8 Å². The van der Waals surface area contributed by atoms with Gasteiger partial charge in [-0.2, -0.15) is 0 Å². The minimum Gasteiger partial charge on any atom is -0.453 e. The maximum absolute atomic E-state index is 13.5. The first-order valence-corrected chi connectivity index (χ1v) is 17.7. The first-order chi connectivity index (χ1) is 25.5. The van der Waals surface area contributed by atoms with E-state index < -0.39 is 18.2 Å². The van der Waals surface area contributed by atoms with Gasteiger partial charge in [-0.1, -0.05) is 63.2 Å². The average molecular weight is 726 g/mol. The third-order valence-corrected chi connectivity index (χ3v) is 9.24. The molecule has 5 amide bonds. The normalized spacial score (nSPS) is 14.5. The van der Waals surface area contributed by atoms with Crippen LogP contribution in [0.5, 0.6) is 0 Å². The van der Waals surface area contributed by atoms with Crippen LogP contribution in [0.1, 0.15) is 51.9 Å². The number of imidazole rings is 1. The highest BCUT2D eigenvalue weighted by Crippen LogP contribution is 2.33. The van der Waals surface area contributed by atoms with Gasteiger partial charge in [0.2, 0.25) is 17.7 Å². The summed E-state index contributed by atoms with van der Waals surface area (Å²) in [6, 6.07) is 19.0. The van der Waals surface area contributed by atoms with Crippen molar-refractivity contribution in [1.82, 2.24) is 30.4 Å². The van der Waals surface area contributed by atoms with Gasteiger partial charge in [0.1, 0.15) is 18.4 Å². The molecular weight excluding hydrogens is 678 g/mol. The molecule has 3 aromatic carbocycles. The third-order valence-electron chi connectivity index (χ3n) is 9.24. The fourth-order valence-electron chi connectivity index (χ4n) is 6.46. The maximum atomic E-state index is 13.5. The Morgan fingerprint density at radius 1 is 0.925 bits per heavy atom. The highest BCUT2D eigenvalue weighted by atomic mass is 16.5. The number of rotatable bonds is 13. The summed E-state index contributed by atoms with van der Waals surface area (Å²) in [7, 11) is 2.50. The topological polar surface area (TPSA) is 175 Å². The zero-order chi connectivity index (χ0) is 38.1. The van der Waals surface area contributed by atoms with Crippen LogP contribution >= 0.6 is 0 Å². The molecule has 0 aliphatic carbocycles. The Kier molecular flexibility index (Phi) is 12.7. The van der Waals surface area contributed by atoms with Crippen molar-refractivity contribution in [2.75, 3.05) is 45.7 Å². The summed E-state index contributed by atoms with van der Waals surface area (Å²) in [5.74, 6) is -0.274. The van der Waals surface area contributed by atoms with Crippen molar-refractivity contribution in [3.8, 4) is 22.4 Å². The van der Waals surface area contributed by atoms with Crippen molar-refractivity contribution >= 4 is 46.4 Å². The number of anilines is 1. The van der Waals surface area contributed by atoms with E-state index >= 15 is 0 Å². The Morgan fingerprint density at radius 2 is 1.60 bits per heavy atom. The van der Waals surface area contributed by atoms with Crippen molar-refractivity contribution in [3.05, 3.63) is 72.7 Å². The number of aromatic nitrogens is 2. The molecule has 0 saturated carbocycles. The molecule has 1 fully saturated rings. The number of fused-ring (bicyclic) bond motifs is 1. The number of likely N-dealkylation sites (tertiary alicyclic amines) is 1. The lowest BCUT2D eigenvalue weighted by Crippen LogP contribution is -2.51. The molecule has 2 unspecified atom stereocenters. The fraction of sp³-hybridized carbons (Fsp3) is 0.385. The van der Waals surface area contributed by atoms with Crippen molar-refractivity contribution in [3.63, 3.8) is 0 Å². The van der Waals surface area contributed by atoms with Crippen LogP contribution in [0, 0.1) is 5.92 Å². The highest BCUT2D eigenvalue weighted by Gasteiger charge is 2.37. The number of hydrogen-bond acceptors (Lipinski definition) is 8.